The van der Waals surface area contributed by atoms with Gasteiger partial charge in [-0.1, -0.05) is 17.7 Å². The fourth-order valence-electron chi connectivity index (χ4n) is 1.85. The highest BCUT2D eigenvalue weighted by Gasteiger charge is 2.29. The molecule has 2 aromatic heterocycles. The van der Waals surface area contributed by atoms with Crippen LogP contribution in [-0.2, 0) is 0 Å². The van der Waals surface area contributed by atoms with Crippen LogP contribution in [0.4, 0.5) is 0 Å². The molecule has 2 aromatic rings. The van der Waals surface area contributed by atoms with Gasteiger partial charge in [-0.15, -0.1) is 0 Å². The van der Waals surface area contributed by atoms with Gasteiger partial charge in [0.2, 0.25) is 0 Å². The third kappa shape index (κ3) is 2.36. The molecule has 0 unspecified atom stereocenters. The van der Waals surface area contributed by atoms with Gasteiger partial charge < -0.3 is 0 Å². The summed E-state index contributed by atoms with van der Waals surface area (Å²) < 4.78 is 0.980. The summed E-state index contributed by atoms with van der Waals surface area (Å²) in [5.41, 5.74) is 2.82. The van der Waals surface area contributed by atoms with Gasteiger partial charge in [-0.05, 0) is 54.5 Å². The van der Waals surface area contributed by atoms with Crippen LogP contribution in [0.25, 0.3) is 11.5 Å². The van der Waals surface area contributed by atoms with Crippen molar-refractivity contribution in [1.29, 1.82) is 0 Å². The summed E-state index contributed by atoms with van der Waals surface area (Å²) in [7, 11) is 0. The summed E-state index contributed by atoms with van der Waals surface area (Å²) in [5, 5.41) is 0.533. The normalized spacial score (nSPS) is 14.8. The zero-order valence-electron chi connectivity index (χ0n) is 9.82. The van der Waals surface area contributed by atoms with Crippen molar-refractivity contribution in [2.24, 2.45) is 0 Å². The molecule has 5 heteroatoms. The van der Waals surface area contributed by atoms with Crippen molar-refractivity contribution in [2.45, 2.75) is 25.7 Å². The molecule has 0 amide bonds. The van der Waals surface area contributed by atoms with E-state index in [0.29, 0.717) is 16.9 Å². The van der Waals surface area contributed by atoms with E-state index in [1.54, 1.807) is 0 Å². The zero-order chi connectivity index (χ0) is 12.7. The fraction of sp³-hybridized carbons (Fsp3) is 0.308. The van der Waals surface area contributed by atoms with E-state index in [1.807, 2.05) is 25.1 Å². The summed E-state index contributed by atoms with van der Waals surface area (Å²) in [5.74, 6) is 1.19. The highest BCUT2D eigenvalue weighted by atomic mass is 127. The van der Waals surface area contributed by atoms with Crippen LogP contribution < -0.4 is 0 Å². The van der Waals surface area contributed by atoms with E-state index in [-0.39, 0.29) is 0 Å². The molecule has 2 heterocycles. The highest BCUT2D eigenvalue weighted by Crippen LogP contribution is 2.42. The van der Waals surface area contributed by atoms with Crippen LogP contribution >= 0.6 is 34.2 Å². The first-order chi connectivity index (χ1) is 8.65. The zero-order valence-corrected chi connectivity index (χ0v) is 12.7. The smallest absolute Gasteiger partial charge is 0.179 e. The van der Waals surface area contributed by atoms with Crippen LogP contribution in [-0.4, -0.2) is 15.0 Å². The second kappa shape index (κ2) is 4.74. The minimum Gasteiger partial charge on any atom is -0.250 e. The molecule has 3 rings (SSSR count). The number of rotatable bonds is 2. The fourth-order valence-corrected chi connectivity index (χ4v) is 2.70. The molecule has 18 heavy (non-hydrogen) atoms. The lowest BCUT2D eigenvalue weighted by atomic mass is 10.2. The van der Waals surface area contributed by atoms with Crippen LogP contribution in [0.1, 0.15) is 30.1 Å². The molecule has 1 aliphatic carbocycles. The maximum absolute atomic E-state index is 6.19. The van der Waals surface area contributed by atoms with Gasteiger partial charge in [-0.2, -0.15) is 0 Å². The Morgan fingerprint density at radius 2 is 2.00 bits per heavy atom. The molecule has 0 spiro atoms. The molecule has 0 atom stereocenters. The number of halogens is 2. The molecule has 0 aliphatic heterocycles. The molecule has 1 aliphatic rings. The van der Waals surface area contributed by atoms with Crippen molar-refractivity contribution >= 4 is 34.2 Å². The van der Waals surface area contributed by atoms with Gasteiger partial charge in [0.25, 0.3) is 0 Å². The summed E-state index contributed by atoms with van der Waals surface area (Å²) >= 11 is 8.42. The first-order valence-electron chi connectivity index (χ1n) is 5.82. The van der Waals surface area contributed by atoms with E-state index in [4.69, 9.17) is 11.6 Å². The van der Waals surface area contributed by atoms with E-state index >= 15 is 0 Å². The second-order valence-electron chi connectivity index (χ2n) is 4.48. The molecule has 0 bridgehead atoms. The lowest BCUT2D eigenvalue weighted by Crippen LogP contribution is -2.01. The monoisotopic (exact) mass is 371 g/mol. The number of aryl methyl sites for hydroxylation is 1. The van der Waals surface area contributed by atoms with Gasteiger partial charge >= 0.3 is 0 Å². The third-order valence-electron chi connectivity index (χ3n) is 2.92. The first kappa shape index (κ1) is 12.3. The van der Waals surface area contributed by atoms with Crippen molar-refractivity contribution < 1.29 is 0 Å². The largest absolute Gasteiger partial charge is 0.250 e. The van der Waals surface area contributed by atoms with Crippen molar-refractivity contribution in [3.8, 4) is 11.5 Å². The van der Waals surface area contributed by atoms with Crippen LogP contribution in [0.5, 0.6) is 0 Å². The topological polar surface area (TPSA) is 38.7 Å². The number of pyridine rings is 1. The lowest BCUT2D eigenvalue weighted by Gasteiger charge is -2.07. The van der Waals surface area contributed by atoms with E-state index < -0.39 is 0 Å². The Kier molecular flexibility index (Phi) is 3.23. The van der Waals surface area contributed by atoms with Crippen molar-refractivity contribution in [2.75, 3.05) is 0 Å². The molecule has 1 fully saturated rings. The average Bonchev–Trinajstić information content (AvgIpc) is 3.16. The van der Waals surface area contributed by atoms with Crippen LogP contribution in [0, 0.1) is 10.5 Å². The maximum Gasteiger partial charge on any atom is 0.179 e. The highest BCUT2D eigenvalue weighted by molar-refractivity contribution is 14.1. The van der Waals surface area contributed by atoms with E-state index in [2.05, 4.69) is 37.5 Å². The van der Waals surface area contributed by atoms with E-state index in [9.17, 15) is 0 Å². The van der Waals surface area contributed by atoms with Crippen molar-refractivity contribution in [3.63, 3.8) is 0 Å². The van der Waals surface area contributed by atoms with E-state index in [1.165, 1.54) is 12.8 Å². The summed E-state index contributed by atoms with van der Waals surface area (Å²) in [6.45, 7) is 1.96. The number of nitrogens with zero attached hydrogens (tertiary/aromatic N) is 3. The Morgan fingerprint density at radius 3 is 2.67 bits per heavy atom. The van der Waals surface area contributed by atoms with Crippen LogP contribution in [0.2, 0.25) is 5.15 Å². The van der Waals surface area contributed by atoms with Gasteiger partial charge in [0.15, 0.2) is 5.82 Å². The lowest BCUT2D eigenvalue weighted by molar-refractivity contribution is 0.970. The van der Waals surface area contributed by atoms with E-state index in [0.717, 1.165) is 20.7 Å². The SMILES string of the molecule is Cc1cccc(-c2nc(Cl)c(I)c(C3CC3)n2)n1. The Morgan fingerprint density at radius 1 is 1.22 bits per heavy atom. The van der Waals surface area contributed by atoms with Crippen LogP contribution in [0.3, 0.4) is 0 Å². The standard InChI is InChI=1S/C13H11ClIN3/c1-7-3-2-4-9(16-7)13-17-11(8-5-6-8)10(15)12(14)18-13/h2-4,8H,5-6H2,1H3. The molecule has 92 valence electrons. The predicted octanol–water partition coefficient (Wildman–Crippen LogP) is 3.98. The minimum atomic E-state index is 0.533. The van der Waals surface area contributed by atoms with Gasteiger partial charge in [0, 0.05) is 11.6 Å². The Balaban J connectivity index is 2.12. The summed E-state index contributed by atoms with van der Waals surface area (Å²) in [4.78, 5) is 13.4. The molecular formula is C13H11ClIN3. The molecule has 0 aromatic carbocycles. The Bertz CT molecular complexity index is 611. The molecule has 0 N–H and O–H groups in total. The number of hydrogen-bond acceptors (Lipinski definition) is 3. The minimum absolute atomic E-state index is 0.533. The quantitative estimate of drug-likeness (QED) is 0.592. The van der Waals surface area contributed by atoms with Gasteiger partial charge in [-0.25, -0.2) is 15.0 Å². The summed E-state index contributed by atoms with van der Waals surface area (Å²) in [6, 6.07) is 5.84. The second-order valence-corrected chi connectivity index (χ2v) is 5.91. The molecule has 0 saturated heterocycles. The predicted molar refractivity (Wildman–Crippen MR) is 79.7 cm³/mol. The molecule has 1 saturated carbocycles. The Labute approximate surface area is 124 Å². The maximum atomic E-state index is 6.19. The van der Waals surface area contributed by atoms with Gasteiger partial charge in [-0.3, -0.25) is 0 Å². The third-order valence-corrected chi connectivity index (χ3v) is 4.57. The first-order valence-corrected chi connectivity index (χ1v) is 7.28. The van der Waals surface area contributed by atoms with Gasteiger partial charge in [0.1, 0.15) is 10.8 Å². The molecule has 3 nitrogen and oxygen atoms in total. The molecular weight excluding hydrogens is 361 g/mol. The van der Waals surface area contributed by atoms with Crippen molar-refractivity contribution in [1.82, 2.24) is 15.0 Å². The summed E-state index contributed by atoms with van der Waals surface area (Å²) in [6.07, 6.45) is 2.40. The average molecular weight is 372 g/mol. The van der Waals surface area contributed by atoms with Crippen LogP contribution in [0.15, 0.2) is 18.2 Å². The van der Waals surface area contributed by atoms with Gasteiger partial charge in [0.05, 0.1) is 9.26 Å². The molecule has 0 radical (unpaired) electrons. The van der Waals surface area contributed by atoms with Crippen molar-refractivity contribution in [3.05, 3.63) is 38.3 Å². The number of hydrogen-bond donors (Lipinski definition) is 0. The Hall–Kier alpha value is -0.750. The number of aromatic nitrogens is 3.